The first kappa shape index (κ1) is 11.4. The van der Waals surface area contributed by atoms with Crippen molar-refractivity contribution in [3.05, 3.63) is 39.3 Å². The fraction of sp³-hybridized carbons (Fsp3) is 0.417. The molecule has 0 aromatic carbocycles. The van der Waals surface area contributed by atoms with Gasteiger partial charge in [0.25, 0.3) is 0 Å². The summed E-state index contributed by atoms with van der Waals surface area (Å²) in [6.45, 7) is 6.15. The Morgan fingerprint density at radius 2 is 2.19 bits per heavy atom. The van der Waals surface area contributed by atoms with Gasteiger partial charge in [-0.2, -0.15) is 5.10 Å². The molecule has 1 N–H and O–H groups in total. The molecule has 0 aliphatic heterocycles. The molecule has 0 bridgehead atoms. The van der Waals surface area contributed by atoms with Crippen LogP contribution in [0, 0.1) is 13.8 Å². The number of nitrogens with zero attached hydrogens (tertiary/aromatic N) is 2. The number of hydrogen-bond donors (Lipinski definition) is 1. The van der Waals surface area contributed by atoms with Gasteiger partial charge in [-0.15, -0.1) is 11.3 Å². The molecular weight excluding hydrogens is 218 g/mol. The maximum Gasteiger partial charge on any atom is 0.0534 e. The molecule has 0 saturated heterocycles. The smallest absolute Gasteiger partial charge is 0.0534 e. The summed E-state index contributed by atoms with van der Waals surface area (Å²) in [5, 5.41) is 7.58. The van der Waals surface area contributed by atoms with Crippen molar-refractivity contribution in [1.29, 1.82) is 0 Å². The van der Waals surface area contributed by atoms with Crippen LogP contribution in [-0.4, -0.2) is 9.78 Å². The van der Waals surface area contributed by atoms with Gasteiger partial charge < -0.3 is 5.32 Å². The zero-order valence-electron chi connectivity index (χ0n) is 9.95. The Bertz CT molecular complexity index is 470. The van der Waals surface area contributed by atoms with E-state index in [0.29, 0.717) is 0 Å². The van der Waals surface area contributed by atoms with Gasteiger partial charge in [-0.05, 0) is 25.5 Å². The van der Waals surface area contributed by atoms with Gasteiger partial charge in [-0.3, -0.25) is 4.68 Å². The summed E-state index contributed by atoms with van der Waals surface area (Å²) in [4.78, 5) is 2.80. The fourth-order valence-corrected chi connectivity index (χ4v) is 2.71. The van der Waals surface area contributed by atoms with Crippen LogP contribution in [0.15, 0.2) is 18.5 Å². The van der Waals surface area contributed by atoms with Crippen LogP contribution >= 0.6 is 11.3 Å². The van der Waals surface area contributed by atoms with Gasteiger partial charge >= 0.3 is 0 Å². The summed E-state index contributed by atoms with van der Waals surface area (Å²) in [6.07, 6.45) is 3.94. The first-order valence-corrected chi connectivity index (χ1v) is 6.21. The van der Waals surface area contributed by atoms with Crippen molar-refractivity contribution in [2.24, 2.45) is 7.05 Å². The average Bonchev–Trinajstić information content (AvgIpc) is 2.74. The van der Waals surface area contributed by atoms with Gasteiger partial charge in [0.2, 0.25) is 0 Å². The van der Waals surface area contributed by atoms with Crippen LogP contribution in [0.3, 0.4) is 0 Å². The lowest BCUT2D eigenvalue weighted by Gasteiger charge is -2.02. The molecule has 0 aliphatic rings. The van der Waals surface area contributed by atoms with E-state index >= 15 is 0 Å². The van der Waals surface area contributed by atoms with Crippen LogP contribution < -0.4 is 5.32 Å². The van der Waals surface area contributed by atoms with Crippen molar-refractivity contribution in [2.45, 2.75) is 26.9 Å². The molecule has 16 heavy (non-hydrogen) atoms. The monoisotopic (exact) mass is 235 g/mol. The Morgan fingerprint density at radius 1 is 1.38 bits per heavy atom. The van der Waals surface area contributed by atoms with E-state index in [9.17, 15) is 0 Å². The second-order valence-electron chi connectivity index (χ2n) is 4.06. The lowest BCUT2D eigenvalue weighted by molar-refractivity contribution is 0.691. The Balaban J connectivity index is 1.86. The first-order chi connectivity index (χ1) is 7.65. The highest BCUT2D eigenvalue weighted by Crippen LogP contribution is 2.20. The molecule has 0 saturated carbocycles. The van der Waals surface area contributed by atoms with Gasteiger partial charge in [0.15, 0.2) is 0 Å². The lowest BCUT2D eigenvalue weighted by atomic mass is 10.2. The molecule has 0 atom stereocenters. The molecule has 3 nitrogen and oxygen atoms in total. The van der Waals surface area contributed by atoms with E-state index in [0.717, 1.165) is 13.1 Å². The normalized spacial score (nSPS) is 10.9. The van der Waals surface area contributed by atoms with Crippen molar-refractivity contribution in [2.75, 3.05) is 0 Å². The highest BCUT2D eigenvalue weighted by atomic mass is 32.1. The molecule has 2 heterocycles. The molecule has 0 aliphatic carbocycles. The molecule has 2 rings (SSSR count). The van der Waals surface area contributed by atoms with Gasteiger partial charge in [0.05, 0.1) is 6.20 Å². The predicted octanol–water partition coefficient (Wildman–Crippen LogP) is 2.39. The minimum atomic E-state index is 0.877. The van der Waals surface area contributed by atoms with Gasteiger partial charge in [0, 0.05) is 41.7 Å². The highest BCUT2D eigenvalue weighted by molar-refractivity contribution is 7.12. The summed E-state index contributed by atoms with van der Waals surface area (Å²) >= 11 is 1.86. The third-order valence-electron chi connectivity index (χ3n) is 2.55. The fourth-order valence-electron chi connectivity index (χ4n) is 1.76. The molecular formula is C12H17N3S. The van der Waals surface area contributed by atoms with Gasteiger partial charge in [-0.25, -0.2) is 0 Å². The van der Waals surface area contributed by atoms with Crippen molar-refractivity contribution in [3.63, 3.8) is 0 Å². The molecule has 86 valence electrons. The predicted molar refractivity (Wildman–Crippen MR) is 67.5 cm³/mol. The largest absolute Gasteiger partial charge is 0.308 e. The molecule has 0 amide bonds. The molecule has 0 spiro atoms. The molecule has 0 fully saturated rings. The van der Waals surface area contributed by atoms with Gasteiger partial charge in [0.1, 0.15) is 0 Å². The zero-order valence-corrected chi connectivity index (χ0v) is 10.8. The van der Waals surface area contributed by atoms with Crippen LogP contribution in [0.4, 0.5) is 0 Å². The number of aryl methyl sites for hydroxylation is 3. The summed E-state index contributed by atoms with van der Waals surface area (Å²) in [6, 6.07) is 2.26. The molecule has 0 unspecified atom stereocenters. The van der Waals surface area contributed by atoms with Crippen molar-refractivity contribution < 1.29 is 0 Å². The summed E-state index contributed by atoms with van der Waals surface area (Å²) in [7, 11) is 1.94. The van der Waals surface area contributed by atoms with Crippen LogP contribution in [0.2, 0.25) is 0 Å². The average molecular weight is 235 g/mol. The standard InChI is InChI=1S/C12H17N3S/c1-9-4-12(10(2)16-9)7-13-5-11-6-14-15(3)8-11/h4,6,8,13H,5,7H2,1-3H3. The van der Waals surface area contributed by atoms with Crippen LogP contribution in [0.5, 0.6) is 0 Å². The first-order valence-electron chi connectivity index (χ1n) is 5.39. The quantitative estimate of drug-likeness (QED) is 0.882. The third-order valence-corrected chi connectivity index (χ3v) is 3.55. The lowest BCUT2D eigenvalue weighted by Crippen LogP contribution is -2.12. The highest BCUT2D eigenvalue weighted by Gasteiger charge is 2.02. The summed E-state index contributed by atoms with van der Waals surface area (Å²) < 4.78 is 1.83. The van der Waals surface area contributed by atoms with E-state index in [1.54, 1.807) is 0 Å². The Kier molecular flexibility index (Phi) is 3.41. The minimum Gasteiger partial charge on any atom is -0.308 e. The zero-order chi connectivity index (χ0) is 11.5. The maximum absolute atomic E-state index is 4.14. The topological polar surface area (TPSA) is 29.9 Å². The Hall–Kier alpha value is -1.13. The van der Waals surface area contributed by atoms with Crippen molar-refractivity contribution in [1.82, 2.24) is 15.1 Å². The Labute approximate surface area is 100 Å². The Morgan fingerprint density at radius 3 is 2.75 bits per heavy atom. The van der Waals surface area contributed by atoms with Crippen LogP contribution in [0.25, 0.3) is 0 Å². The number of thiophene rings is 1. The van der Waals surface area contributed by atoms with E-state index in [-0.39, 0.29) is 0 Å². The van der Waals surface area contributed by atoms with Crippen molar-refractivity contribution >= 4 is 11.3 Å². The minimum absolute atomic E-state index is 0.877. The summed E-state index contributed by atoms with van der Waals surface area (Å²) in [5.41, 5.74) is 2.64. The molecule has 4 heteroatoms. The van der Waals surface area contributed by atoms with Crippen molar-refractivity contribution in [3.8, 4) is 0 Å². The SMILES string of the molecule is Cc1cc(CNCc2cnn(C)c2)c(C)s1. The molecule has 0 radical (unpaired) electrons. The number of rotatable bonds is 4. The molecule has 2 aromatic rings. The molecule has 2 aromatic heterocycles. The third kappa shape index (κ3) is 2.71. The van der Waals surface area contributed by atoms with Gasteiger partial charge in [-0.1, -0.05) is 0 Å². The van der Waals surface area contributed by atoms with Crippen LogP contribution in [-0.2, 0) is 20.1 Å². The van der Waals surface area contributed by atoms with E-state index in [4.69, 9.17) is 0 Å². The number of aromatic nitrogens is 2. The number of nitrogens with one attached hydrogen (secondary N) is 1. The summed E-state index contributed by atoms with van der Waals surface area (Å²) in [5.74, 6) is 0. The number of hydrogen-bond acceptors (Lipinski definition) is 3. The maximum atomic E-state index is 4.14. The van der Waals surface area contributed by atoms with Crippen LogP contribution in [0.1, 0.15) is 20.9 Å². The van der Waals surface area contributed by atoms with E-state index in [1.165, 1.54) is 20.9 Å². The second kappa shape index (κ2) is 4.80. The second-order valence-corrected chi connectivity index (χ2v) is 5.52. The van der Waals surface area contributed by atoms with E-state index < -0.39 is 0 Å². The van der Waals surface area contributed by atoms with E-state index in [1.807, 2.05) is 35.5 Å². The van der Waals surface area contributed by atoms with E-state index in [2.05, 4.69) is 30.3 Å².